The number of carbonyl (C=O) groups is 1. The van der Waals surface area contributed by atoms with Crippen LogP contribution in [0.5, 0.6) is 0 Å². The standard InChI is InChI=1S/C16H13ClFNO2/c17-11-3-6-14-13(9-11)15(20)7-8-19(14)16(21)10-1-4-12(18)5-2-10/h1-6,9,15,20H,7-8H2. The van der Waals surface area contributed by atoms with Gasteiger partial charge >= 0.3 is 0 Å². The molecule has 0 saturated heterocycles. The van der Waals surface area contributed by atoms with Gasteiger partial charge in [0.15, 0.2) is 0 Å². The van der Waals surface area contributed by atoms with Crippen molar-refractivity contribution < 1.29 is 14.3 Å². The van der Waals surface area contributed by atoms with Crippen molar-refractivity contribution in [2.24, 2.45) is 0 Å². The Kier molecular flexibility index (Phi) is 3.66. The molecule has 21 heavy (non-hydrogen) atoms. The molecule has 0 aromatic heterocycles. The molecule has 0 saturated carbocycles. The van der Waals surface area contributed by atoms with E-state index < -0.39 is 6.10 Å². The first-order valence-electron chi connectivity index (χ1n) is 6.61. The molecule has 1 amide bonds. The number of benzene rings is 2. The number of halogens is 2. The molecule has 3 rings (SSSR count). The van der Waals surface area contributed by atoms with Gasteiger partial charge in [0.2, 0.25) is 0 Å². The number of hydrogen-bond acceptors (Lipinski definition) is 2. The molecule has 3 nitrogen and oxygen atoms in total. The number of carbonyl (C=O) groups excluding carboxylic acids is 1. The number of aliphatic hydroxyl groups excluding tert-OH is 1. The van der Waals surface area contributed by atoms with Crippen LogP contribution in [0.15, 0.2) is 42.5 Å². The van der Waals surface area contributed by atoms with E-state index in [0.717, 1.165) is 0 Å². The second kappa shape index (κ2) is 5.47. The van der Waals surface area contributed by atoms with Gasteiger partial charge in [-0.15, -0.1) is 0 Å². The van der Waals surface area contributed by atoms with E-state index in [4.69, 9.17) is 11.6 Å². The van der Waals surface area contributed by atoms with Gasteiger partial charge in [0, 0.05) is 28.4 Å². The monoisotopic (exact) mass is 305 g/mol. The van der Waals surface area contributed by atoms with E-state index in [2.05, 4.69) is 0 Å². The Bertz CT molecular complexity index is 687. The van der Waals surface area contributed by atoms with Crippen LogP contribution >= 0.6 is 11.6 Å². The highest BCUT2D eigenvalue weighted by atomic mass is 35.5. The van der Waals surface area contributed by atoms with Crippen LogP contribution in [-0.4, -0.2) is 17.6 Å². The molecule has 0 fully saturated rings. The largest absolute Gasteiger partial charge is 0.388 e. The van der Waals surface area contributed by atoms with E-state index in [1.165, 1.54) is 24.3 Å². The molecule has 2 aromatic carbocycles. The van der Waals surface area contributed by atoms with Crippen molar-refractivity contribution in [3.05, 3.63) is 64.4 Å². The van der Waals surface area contributed by atoms with Crippen molar-refractivity contribution in [1.82, 2.24) is 0 Å². The van der Waals surface area contributed by atoms with Gasteiger partial charge in [-0.1, -0.05) is 11.6 Å². The number of amides is 1. The molecule has 1 aliphatic rings. The highest BCUT2D eigenvalue weighted by molar-refractivity contribution is 6.30. The first-order valence-corrected chi connectivity index (χ1v) is 6.99. The summed E-state index contributed by atoms with van der Waals surface area (Å²) < 4.78 is 13.0. The third kappa shape index (κ3) is 2.64. The summed E-state index contributed by atoms with van der Waals surface area (Å²) in [5.41, 5.74) is 1.70. The zero-order chi connectivity index (χ0) is 15.0. The molecule has 1 heterocycles. The fourth-order valence-corrected chi connectivity index (χ4v) is 2.71. The van der Waals surface area contributed by atoms with Gasteiger partial charge in [0.1, 0.15) is 5.82 Å². The van der Waals surface area contributed by atoms with E-state index in [0.29, 0.717) is 34.8 Å². The number of rotatable bonds is 1. The Morgan fingerprint density at radius 2 is 1.95 bits per heavy atom. The SMILES string of the molecule is O=C(c1ccc(F)cc1)N1CCC(O)c2cc(Cl)ccc21. The van der Waals surface area contributed by atoms with Crippen molar-refractivity contribution in [1.29, 1.82) is 0 Å². The van der Waals surface area contributed by atoms with Crippen LogP contribution in [0.3, 0.4) is 0 Å². The lowest BCUT2D eigenvalue weighted by atomic mass is 9.98. The van der Waals surface area contributed by atoms with E-state index in [1.54, 1.807) is 23.1 Å². The third-order valence-corrected chi connectivity index (χ3v) is 3.84. The van der Waals surface area contributed by atoms with E-state index in [9.17, 15) is 14.3 Å². The average molecular weight is 306 g/mol. The van der Waals surface area contributed by atoms with Crippen LogP contribution in [0.1, 0.15) is 28.4 Å². The van der Waals surface area contributed by atoms with Gasteiger partial charge in [0.05, 0.1) is 6.10 Å². The molecule has 0 bridgehead atoms. The van der Waals surface area contributed by atoms with E-state index in [1.807, 2.05) is 0 Å². The number of fused-ring (bicyclic) bond motifs is 1. The number of hydrogen-bond donors (Lipinski definition) is 1. The molecule has 2 aromatic rings. The Balaban J connectivity index is 1.99. The fourth-order valence-electron chi connectivity index (χ4n) is 2.52. The van der Waals surface area contributed by atoms with Crippen molar-refractivity contribution >= 4 is 23.2 Å². The van der Waals surface area contributed by atoms with Crippen LogP contribution in [0.25, 0.3) is 0 Å². The number of anilines is 1. The number of aliphatic hydroxyl groups is 1. The van der Waals surface area contributed by atoms with Crippen LogP contribution in [0.2, 0.25) is 5.02 Å². The molecule has 1 N–H and O–H groups in total. The fraction of sp³-hybridized carbons (Fsp3) is 0.188. The summed E-state index contributed by atoms with van der Waals surface area (Å²) in [6.07, 6.45) is -0.184. The second-order valence-corrected chi connectivity index (χ2v) is 5.41. The summed E-state index contributed by atoms with van der Waals surface area (Å²) in [5.74, 6) is -0.599. The maximum atomic E-state index is 13.0. The molecule has 0 aliphatic carbocycles. The molecule has 1 aliphatic heterocycles. The van der Waals surface area contributed by atoms with Crippen molar-refractivity contribution in [3.8, 4) is 0 Å². The van der Waals surface area contributed by atoms with Crippen LogP contribution in [-0.2, 0) is 0 Å². The topological polar surface area (TPSA) is 40.5 Å². The predicted molar refractivity (Wildman–Crippen MR) is 79.1 cm³/mol. The van der Waals surface area contributed by atoms with Gasteiger partial charge in [0.25, 0.3) is 5.91 Å². The van der Waals surface area contributed by atoms with Gasteiger partial charge in [-0.2, -0.15) is 0 Å². The molecular formula is C16H13ClFNO2. The lowest BCUT2D eigenvalue weighted by Crippen LogP contribution is -2.36. The Labute approximate surface area is 126 Å². The highest BCUT2D eigenvalue weighted by Gasteiger charge is 2.28. The maximum Gasteiger partial charge on any atom is 0.258 e. The zero-order valence-electron chi connectivity index (χ0n) is 11.1. The molecule has 0 radical (unpaired) electrons. The molecule has 0 spiro atoms. The second-order valence-electron chi connectivity index (χ2n) is 4.97. The van der Waals surface area contributed by atoms with E-state index in [-0.39, 0.29) is 11.7 Å². The predicted octanol–water partition coefficient (Wildman–Crippen LogP) is 3.56. The minimum absolute atomic E-state index is 0.217. The summed E-state index contributed by atoms with van der Waals surface area (Å²) >= 11 is 5.95. The first-order chi connectivity index (χ1) is 10.1. The van der Waals surface area contributed by atoms with Gasteiger partial charge < -0.3 is 10.0 Å². The summed E-state index contributed by atoms with van der Waals surface area (Å²) in [4.78, 5) is 14.1. The molecule has 1 unspecified atom stereocenters. The van der Waals surface area contributed by atoms with Gasteiger partial charge in [-0.25, -0.2) is 4.39 Å². The number of nitrogens with zero attached hydrogens (tertiary/aromatic N) is 1. The smallest absolute Gasteiger partial charge is 0.258 e. The minimum Gasteiger partial charge on any atom is -0.388 e. The normalized spacial score (nSPS) is 17.5. The Morgan fingerprint density at radius 3 is 2.67 bits per heavy atom. The summed E-state index contributed by atoms with van der Waals surface area (Å²) in [7, 11) is 0. The highest BCUT2D eigenvalue weighted by Crippen LogP contribution is 2.36. The Hall–Kier alpha value is -1.91. The summed E-state index contributed by atoms with van der Waals surface area (Å²) in [6.45, 7) is 0.409. The van der Waals surface area contributed by atoms with Gasteiger partial charge in [-0.05, 0) is 48.9 Å². The summed E-state index contributed by atoms with van der Waals surface area (Å²) in [6, 6.07) is 10.5. The van der Waals surface area contributed by atoms with Crippen LogP contribution < -0.4 is 4.90 Å². The molecule has 5 heteroatoms. The van der Waals surface area contributed by atoms with E-state index >= 15 is 0 Å². The van der Waals surface area contributed by atoms with Crippen LogP contribution in [0, 0.1) is 5.82 Å². The lowest BCUT2D eigenvalue weighted by Gasteiger charge is -2.32. The van der Waals surface area contributed by atoms with Crippen molar-refractivity contribution in [2.45, 2.75) is 12.5 Å². The zero-order valence-corrected chi connectivity index (χ0v) is 11.8. The van der Waals surface area contributed by atoms with Crippen molar-refractivity contribution in [2.75, 3.05) is 11.4 Å². The quantitative estimate of drug-likeness (QED) is 0.875. The minimum atomic E-state index is -0.629. The molecule has 108 valence electrons. The maximum absolute atomic E-state index is 13.0. The average Bonchev–Trinajstić information content (AvgIpc) is 2.48. The van der Waals surface area contributed by atoms with Gasteiger partial charge in [-0.3, -0.25) is 4.79 Å². The lowest BCUT2D eigenvalue weighted by molar-refractivity contribution is 0.0970. The summed E-state index contributed by atoms with van der Waals surface area (Å²) in [5, 5.41) is 10.6. The Morgan fingerprint density at radius 1 is 1.24 bits per heavy atom. The van der Waals surface area contributed by atoms with Crippen LogP contribution in [0.4, 0.5) is 10.1 Å². The molecule has 1 atom stereocenters. The first kappa shape index (κ1) is 14.0. The third-order valence-electron chi connectivity index (χ3n) is 3.60. The van der Waals surface area contributed by atoms with Crippen molar-refractivity contribution in [3.63, 3.8) is 0 Å². The molecular weight excluding hydrogens is 293 g/mol.